The fourth-order valence-corrected chi connectivity index (χ4v) is 3.74. The number of oxazole rings is 1. The van der Waals surface area contributed by atoms with E-state index in [1.165, 1.54) is 35.5 Å². The third-order valence-corrected chi connectivity index (χ3v) is 5.98. The first-order valence-corrected chi connectivity index (χ1v) is 11.2. The number of benzene rings is 1. The molecule has 6 heteroatoms. The molecule has 0 spiro atoms. The van der Waals surface area contributed by atoms with Crippen LogP contribution >= 0.6 is 0 Å². The summed E-state index contributed by atoms with van der Waals surface area (Å²) in [5, 5.41) is 3.66. The summed E-state index contributed by atoms with van der Waals surface area (Å²) in [4.78, 5) is 21.0. The second kappa shape index (κ2) is 14.9. The summed E-state index contributed by atoms with van der Waals surface area (Å²) in [5.74, 6) is 1.69. The Hall–Kier alpha value is -2.42. The van der Waals surface area contributed by atoms with Crippen LogP contribution in [-0.2, 0) is 16.1 Å². The maximum absolute atomic E-state index is 12.0. The average Bonchev–Trinajstić information content (AvgIpc) is 3.27. The Morgan fingerprint density at radius 3 is 2.74 bits per heavy atom. The van der Waals surface area contributed by atoms with Gasteiger partial charge in [-0.3, -0.25) is 4.79 Å². The molecular formula is C29H34N2O3U. The van der Waals surface area contributed by atoms with E-state index in [9.17, 15) is 4.79 Å². The van der Waals surface area contributed by atoms with Gasteiger partial charge in [0.15, 0.2) is 11.7 Å². The first kappa shape index (κ1) is 30.6. The summed E-state index contributed by atoms with van der Waals surface area (Å²) < 4.78 is 5.97. The summed E-state index contributed by atoms with van der Waals surface area (Å²) in [6.07, 6.45) is 14.0. The Bertz CT molecular complexity index is 1140. The number of Topliss-reactive ketones (excluding diaryl/α,β-unsaturated/α-hetero) is 1. The van der Waals surface area contributed by atoms with Gasteiger partial charge >= 0.3 is 31.1 Å². The number of rotatable bonds is 10. The zero-order chi connectivity index (χ0) is 23.8. The monoisotopic (exact) mass is 696 g/mol. The van der Waals surface area contributed by atoms with Crippen molar-refractivity contribution in [3.63, 3.8) is 0 Å². The molecule has 2 aromatic rings. The van der Waals surface area contributed by atoms with Crippen LogP contribution in [0, 0.1) is 44.6 Å². The first-order valence-electron chi connectivity index (χ1n) is 11.2. The van der Waals surface area contributed by atoms with Gasteiger partial charge < -0.3 is 16.7 Å². The smallest absolute Gasteiger partial charge is 0.488 e. The number of allylic oxidation sites excluding steroid dienone is 6. The van der Waals surface area contributed by atoms with E-state index >= 15 is 0 Å². The van der Waals surface area contributed by atoms with Gasteiger partial charge in [-0.05, 0) is 38.7 Å². The SMILES string of the molecule is C=C/C(=N\OC)C(=O)CC/C=C/CCc1ncc(-c2[c-]cc3c(c2)C=CC(C)=C(C)C3C)o1.[CH3-].[U+2]. The van der Waals surface area contributed by atoms with Crippen molar-refractivity contribution in [1.29, 1.82) is 0 Å². The molecule has 0 bridgehead atoms. The van der Waals surface area contributed by atoms with Gasteiger partial charge in [0.1, 0.15) is 12.8 Å². The first-order chi connectivity index (χ1) is 15.9. The third kappa shape index (κ3) is 8.05. The molecule has 0 fully saturated rings. The van der Waals surface area contributed by atoms with Crippen molar-refractivity contribution in [2.75, 3.05) is 7.11 Å². The van der Waals surface area contributed by atoms with Crippen molar-refractivity contribution in [3.8, 4) is 11.3 Å². The van der Waals surface area contributed by atoms with Crippen LogP contribution in [0.3, 0.4) is 0 Å². The molecule has 1 heterocycles. The maximum atomic E-state index is 12.0. The molecule has 35 heavy (non-hydrogen) atoms. The van der Waals surface area contributed by atoms with E-state index in [1.807, 2.05) is 12.2 Å². The van der Waals surface area contributed by atoms with Crippen LogP contribution < -0.4 is 0 Å². The van der Waals surface area contributed by atoms with E-state index in [4.69, 9.17) is 4.42 Å². The molecule has 1 aliphatic carbocycles. The number of aryl methyl sites for hydroxylation is 1. The van der Waals surface area contributed by atoms with E-state index in [2.05, 4.69) is 72.7 Å². The van der Waals surface area contributed by atoms with Crippen molar-refractivity contribution in [2.24, 2.45) is 5.16 Å². The molecule has 0 aliphatic heterocycles. The molecule has 1 aromatic heterocycles. The van der Waals surface area contributed by atoms with Crippen LogP contribution in [0.5, 0.6) is 0 Å². The fourth-order valence-electron chi connectivity index (χ4n) is 3.74. The summed E-state index contributed by atoms with van der Waals surface area (Å²) in [6, 6.07) is 7.57. The summed E-state index contributed by atoms with van der Waals surface area (Å²) in [6.45, 7) is 10.2. The molecule has 0 N–H and O–H groups in total. The zero-order valence-corrected chi connectivity index (χ0v) is 25.5. The molecule has 0 radical (unpaired) electrons. The molecule has 5 nitrogen and oxygen atoms in total. The molecule has 3 rings (SSSR count). The molecule has 1 atom stereocenters. The second-order valence-electron chi connectivity index (χ2n) is 8.13. The molecular weight excluding hydrogens is 662 g/mol. The summed E-state index contributed by atoms with van der Waals surface area (Å²) in [5.41, 5.74) is 6.32. The minimum absolute atomic E-state index is 0. The second-order valence-corrected chi connectivity index (χ2v) is 8.13. The Kier molecular flexibility index (Phi) is 13.0. The number of ketones is 1. The topological polar surface area (TPSA) is 64.7 Å². The standard InChI is InChI=1S/C28H31N2O3.CH3.U/c1-6-25(30-32-5)26(31)11-9-7-8-10-12-28-29-18-27(33-28)23-15-16-24-21(4)20(3)19(2)13-14-22(24)17-23;;/h6-8,13-14,16-18,21H,1,9-12H2,2-5H3;1H3;/q2*-1;+2/b8-7+,30-25+;;. The minimum atomic E-state index is -0.0869. The van der Waals surface area contributed by atoms with Crippen LogP contribution in [0.25, 0.3) is 17.4 Å². The Balaban J connectivity index is 0.00000306. The molecule has 1 aromatic carbocycles. The van der Waals surface area contributed by atoms with Gasteiger partial charge in [-0.1, -0.05) is 54.1 Å². The molecule has 0 saturated carbocycles. The third-order valence-electron chi connectivity index (χ3n) is 5.98. The van der Waals surface area contributed by atoms with Gasteiger partial charge in [-0.15, -0.1) is 34.9 Å². The number of hydrogen-bond donors (Lipinski definition) is 0. The van der Waals surface area contributed by atoms with E-state index < -0.39 is 0 Å². The van der Waals surface area contributed by atoms with E-state index in [0.717, 1.165) is 17.7 Å². The number of carbonyl (C=O) groups excluding carboxylic acids is 1. The molecule has 0 amide bonds. The molecule has 1 unspecified atom stereocenters. The van der Waals surface area contributed by atoms with E-state index in [0.29, 0.717) is 31.1 Å². The summed E-state index contributed by atoms with van der Waals surface area (Å²) in [7, 11) is 1.41. The maximum Gasteiger partial charge on any atom is 2.00 e. The summed E-state index contributed by atoms with van der Waals surface area (Å²) >= 11 is 0. The van der Waals surface area contributed by atoms with Gasteiger partial charge in [-0.2, -0.15) is 0 Å². The number of fused-ring (bicyclic) bond motifs is 1. The number of carbonyl (C=O) groups is 1. The van der Waals surface area contributed by atoms with E-state index in [-0.39, 0.29) is 50.0 Å². The van der Waals surface area contributed by atoms with Crippen molar-refractivity contribution < 1.29 is 45.2 Å². The van der Waals surface area contributed by atoms with Gasteiger partial charge in [0.05, 0.1) is 5.76 Å². The van der Waals surface area contributed by atoms with Gasteiger partial charge in [0.2, 0.25) is 0 Å². The van der Waals surface area contributed by atoms with Crippen LogP contribution in [0.2, 0.25) is 0 Å². The molecule has 0 saturated heterocycles. The Morgan fingerprint density at radius 1 is 1.29 bits per heavy atom. The van der Waals surface area contributed by atoms with Crippen molar-refractivity contribution >= 4 is 17.6 Å². The normalized spacial score (nSPS) is 15.2. The fraction of sp³-hybridized carbons (Fsp3) is 0.310. The number of hydrogen-bond acceptors (Lipinski definition) is 5. The predicted octanol–water partition coefficient (Wildman–Crippen LogP) is 7.09. The van der Waals surface area contributed by atoms with Crippen LogP contribution in [0.4, 0.5) is 0 Å². The quantitative estimate of drug-likeness (QED) is 0.115. The molecule has 182 valence electrons. The van der Waals surface area contributed by atoms with Gasteiger partial charge in [-0.25, -0.2) is 4.98 Å². The Morgan fingerprint density at radius 2 is 2.03 bits per heavy atom. The zero-order valence-electron chi connectivity index (χ0n) is 21.4. The van der Waals surface area contributed by atoms with Crippen LogP contribution in [0.15, 0.2) is 69.9 Å². The predicted molar refractivity (Wildman–Crippen MR) is 139 cm³/mol. The minimum Gasteiger partial charge on any atom is -0.488 e. The average molecular weight is 697 g/mol. The van der Waals surface area contributed by atoms with Crippen LogP contribution in [-0.4, -0.2) is 23.6 Å². The largest absolute Gasteiger partial charge is 2.00 e. The van der Waals surface area contributed by atoms with Gasteiger partial charge in [0, 0.05) is 19.0 Å². The van der Waals surface area contributed by atoms with Crippen molar-refractivity contribution in [1.82, 2.24) is 4.98 Å². The number of oxime groups is 1. The van der Waals surface area contributed by atoms with E-state index in [1.54, 1.807) is 6.20 Å². The number of nitrogens with zero attached hydrogens (tertiary/aromatic N) is 2. The number of aromatic nitrogens is 1. The molecule has 1 aliphatic rings. The van der Waals surface area contributed by atoms with Crippen molar-refractivity contribution in [3.05, 3.63) is 90.9 Å². The van der Waals surface area contributed by atoms with Gasteiger partial charge in [0.25, 0.3) is 0 Å². The Labute approximate surface area is 233 Å². The van der Waals surface area contributed by atoms with Crippen LogP contribution in [0.1, 0.15) is 63.0 Å². The van der Waals surface area contributed by atoms with Crippen molar-refractivity contribution in [2.45, 2.75) is 52.4 Å².